The van der Waals surface area contributed by atoms with Crippen molar-refractivity contribution in [2.75, 3.05) is 25.5 Å². The second-order valence-electron chi connectivity index (χ2n) is 9.33. The lowest BCUT2D eigenvalue weighted by atomic mass is 9.85. The molecule has 4 N–H and O–H groups in total. The van der Waals surface area contributed by atoms with Gasteiger partial charge in [-0.05, 0) is 29.9 Å². The van der Waals surface area contributed by atoms with Crippen LogP contribution in [0.15, 0.2) is 24.3 Å². The Morgan fingerprint density at radius 1 is 1.19 bits per heavy atom. The van der Waals surface area contributed by atoms with E-state index < -0.39 is 23.4 Å². The molecule has 9 heteroatoms. The number of hydrogen-bond donors (Lipinski definition) is 4. The zero-order valence-electron chi connectivity index (χ0n) is 19.4. The van der Waals surface area contributed by atoms with E-state index in [4.69, 9.17) is 9.94 Å². The third-order valence-electron chi connectivity index (χ3n) is 5.80. The summed E-state index contributed by atoms with van der Waals surface area (Å²) in [6, 6.07) is 5.55. The number of methoxy groups -OCH3 is 1. The van der Waals surface area contributed by atoms with Crippen molar-refractivity contribution in [2.45, 2.75) is 58.9 Å². The van der Waals surface area contributed by atoms with Gasteiger partial charge in [0, 0.05) is 6.54 Å². The van der Waals surface area contributed by atoms with Crippen molar-refractivity contribution in [2.24, 2.45) is 11.3 Å². The monoisotopic (exact) mass is 448 g/mol. The minimum Gasteiger partial charge on any atom is -0.495 e. The van der Waals surface area contributed by atoms with E-state index in [1.807, 2.05) is 20.8 Å². The van der Waals surface area contributed by atoms with E-state index >= 15 is 0 Å². The summed E-state index contributed by atoms with van der Waals surface area (Å²) >= 11 is 0. The first-order chi connectivity index (χ1) is 15.2. The van der Waals surface area contributed by atoms with Gasteiger partial charge in [-0.25, -0.2) is 10.3 Å². The molecular weight excluding hydrogens is 412 g/mol. The van der Waals surface area contributed by atoms with Crippen LogP contribution in [0.25, 0.3) is 0 Å². The maximum absolute atomic E-state index is 13.5. The third kappa shape index (κ3) is 7.40. The van der Waals surface area contributed by atoms with E-state index in [9.17, 15) is 14.4 Å². The molecule has 9 nitrogen and oxygen atoms in total. The van der Waals surface area contributed by atoms with E-state index in [-0.39, 0.29) is 12.5 Å². The van der Waals surface area contributed by atoms with Crippen LogP contribution in [0.5, 0.6) is 5.75 Å². The molecule has 32 heavy (non-hydrogen) atoms. The average Bonchev–Trinajstić information content (AvgIpc) is 3.27. The molecule has 0 unspecified atom stereocenters. The van der Waals surface area contributed by atoms with Gasteiger partial charge >= 0.3 is 6.03 Å². The number of carbonyl (C=O) groups excluding carboxylic acids is 3. The van der Waals surface area contributed by atoms with Gasteiger partial charge in [0.05, 0.1) is 12.8 Å². The molecule has 0 bridgehead atoms. The minimum atomic E-state index is -0.882. The quantitative estimate of drug-likeness (QED) is 0.342. The lowest BCUT2D eigenvalue weighted by Crippen LogP contribution is -2.57. The summed E-state index contributed by atoms with van der Waals surface area (Å²) in [5, 5.41) is 14.5. The summed E-state index contributed by atoms with van der Waals surface area (Å²) in [4.78, 5) is 39.5. The third-order valence-corrected chi connectivity index (χ3v) is 5.80. The van der Waals surface area contributed by atoms with Crippen molar-refractivity contribution in [1.29, 1.82) is 0 Å². The van der Waals surface area contributed by atoms with Crippen LogP contribution in [-0.2, 0) is 9.59 Å². The fourth-order valence-corrected chi connectivity index (χ4v) is 3.98. The van der Waals surface area contributed by atoms with Crippen molar-refractivity contribution in [3.63, 3.8) is 0 Å². The molecule has 1 aliphatic rings. The maximum Gasteiger partial charge on any atom is 0.320 e. The SMILES string of the molecule is COc1ccccc1NC(=O)N[C@H](C(=O)N(CCC1CCCC1)CC(=O)NO)C(C)(C)C. The first-order valence-corrected chi connectivity index (χ1v) is 11.1. The lowest BCUT2D eigenvalue weighted by molar-refractivity contribution is -0.142. The van der Waals surface area contributed by atoms with Gasteiger partial charge in [0.25, 0.3) is 5.91 Å². The molecule has 4 amide bonds. The highest BCUT2D eigenvalue weighted by Crippen LogP contribution is 2.28. The number of ether oxygens (including phenoxy) is 1. The average molecular weight is 449 g/mol. The number of anilines is 1. The topological polar surface area (TPSA) is 120 Å². The molecule has 1 aromatic rings. The molecule has 0 radical (unpaired) electrons. The van der Waals surface area contributed by atoms with Crippen molar-refractivity contribution < 1.29 is 24.3 Å². The first-order valence-electron chi connectivity index (χ1n) is 11.1. The number of hydroxylamine groups is 1. The summed E-state index contributed by atoms with van der Waals surface area (Å²) in [5.41, 5.74) is 1.46. The minimum absolute atomic E-state index is 0.273. The fraction of sp³-hybridized carbons (Fsp3) is 0.609. The number of amides is 4. The molecule has 1 aliphatic carbocycles. The van der Waals surface area contributed by atoms with Crippen LogP contribution in [0, 0.1) is 11.3 Å². The Morgan fingerprint density at radius 2 is 1.84 bits per heavy atom. The van der Waals surface area contributed by atoms with Crippen LogP contribution in [0.1, 0.15) is 52.9 Å². The number of carbonyl (C=O) groups is 3. The van der Waals surface area contributed by atoms with Crippen molar-refractivity contribution in [1.82, 2.24) is 15.7 Å². The van der Waals surface area contributed by atoms with Gasteiger partial charge in [-0.2, -0.15) is 0 Å². The zero-order chi connectivity index (χ0) is 23.7. The molecule has 178 valence electrons. The second kappa shape index (κ2) is 11.7. The number of urea groups is 1. The van der Waals surface area contributed by atoms with Gasteiger partial charge in [-0.3, -0.25) is 14.8 Å². The van der Waals surface area contributed by atoms with E-state index in [1.165, 1.54) is 24.9 Å². The summed E-state index contributed by atoms with van der Waals surface area (Å²) in [6.07, 6.45) is 5.40. The van der Waals surface area contributed by atoms with E-state index in [0.717, 1.165) is 19.3 Å². The van der Waals surface area contributed by atoms with Crippen LogP contribution in [0.3, 0.4) is 0 Å². The smallest absolute Gasteiger partial charge is 0.320 e. The summed E-state index contributed by atoms with van der Waals surface area (Å²) < 4.78 is 5.26. The Kier molecular flexibility index (Phi) is 9.31. The molecule has 0 spiro atoms. The van der Waals surface area contributed by atoms with Gasteiger partial charge in [-0.15, -0.1) is 0 Å². The Hall–Kier alpha value is -2.81. The molecule has 1 aromatic carbocycles. The molecule has 0 heterocycles. The lowest BCUT2D eigenvalue weighted by Gasteiger charge is -2.35. The van der Waals surface area contributed by atoms with Crippen LogP contribution >= 0.6 is 0 Å². The Morgan fingerprint density at radius 3 is 2.44 bits per heavy atom. The number of rotatable bonds is 9. The molecule has 0 aliphatic heterocycles. The Balaban J connectivity index is 2.14. The number of nitrogens with one attached hydrogen (secondary N) is 3. The Bertz CT molecular complexity index is 787. The summed E-state index contributed by atoms with van der Waals surface area (Å²) in [5.74, 6) is -0.0124. The maximum atomic E-state index is 13.5. The number of benzene rings is 1. The largest absolute Gasteiger partial charge is 0.495 e. The van der Waals surface area contributed by atoms with E-state index in [0.29, 0.717) is 23.9 Å². The predicted octanol–water partition coefficient (Wildman–Crippen LogP) is 3.15. The van der Waals surface area contributed by atoms with Crippen LogP contribution in [-0.4, -0.2) is 54.2 Å². The molecule has 0 saturated heterocycles. The van der Waals surface area contributed by atoms with Gasteiger partial charge in [-0.1, -0.05) is 58.6 Å². The molecule has 1 atom stereocenters. The van der Waals surface area contributed by atoms with E-state index in [1.54, 1.807) is 29.7 Å². The normalized spacial score (nSPS) is 15.0. The second-order valence-corrected chi connectivity index (χ2v) is 9.33. The number of nitrogens with zero attached hydrogens (tertiary/aromatic N) is 1. The summed E-state index contributed by atoms with van der Waals surface area (Å²) in [6.45, 7) is 5.66. The van der Waals surface area contributed by atoms with Gasteiger partial charge < -0.3 is 20.3 Å². The van der Waals surface area contributed by atoms with E-state index in [2.05, 4.69) is 10.6 Å². The molecule has 1 fully saturated rings. The predicted molar refractivity (Wildman–Crippen MR) is 121 cm³/mol. The van der Waals surface area contributed by atoms with Crippen molar-refractivity contribution in [3.8, 4) is 5.75 Å². The highest BCUT2D eigenvalue weighted by molar-refractivity contribution is 5.95. The number of para-hydroxylation sites is 2. The van der Waals surface area contributed by atoms with Crippen LogP contribution < -0.4 is 20.9 Å². The number of hydrogen-bond acceptors (Lipinski definition) is 5. The molecule has 1 saturated carbocycles. The fourth-order valence-electron chi connectivity index (χ4n) is 3.98. The first kappa shape index (κ1) is 25.5. The van der Waals surface area contributed by atoms with Gasteiger partial charge in [0.15, 0.2) is 0 Å². The van der Waals surface area contributed by atoms with Crippen molar-refractivity contribution >= 4 is 23.5 Å². The highest BCUT2D eigenvalue weighted by atomic mass is 16.5. The van der Waals surface area contributed by atoms with Crippen LogP contribution in [0.2, 0.25) is 0 Å². The van der Waals surface area contributed by atoms with Gasteiger partial charge in [0.1, 0.15) is 18.3 Å². The van der Waals surface area contributed by atoms with Crippen molar-refractivity contribution in [3.05, 3.63) is 24.3 Å². The standard InChI is InChI=1S/C23H36N4O5/c1-23(2,3)20(25-22(30)24-17-11-7-8-12-18(17)32-4)21(29)27(15-19(28)26-31)14-13-16-9-5-6-10-16/h7-8,11-12,16,20,31H,5-6,9-10,13-15H2,1-4H3,(H,26,28)(H2,24,25,30)/t20-/m1/s1. The zero-order valence-corrected chi connectivity index (χ0v) is 19.4. The molecule has 2 rings (SSSR count). The Labute approximate surface area is 189 Å². The van der Waals surface area contributed by atoms with Gasteiger partial charge in [0.2, 0.25) is 5.91 Å². The molecule has 0 aromatic heterocycles. The summed E-state index contributed by atoms with van der Waals surface area (Å²) in [7, 11) is 1.51. The highest BCUT2D eigenvalue weighted by Gasteiger charge is 2.36. The van der Waals surface area contributed by atoms with Crippen LogP contribution in [0.4, 0.5) is 10.5 Å². The molecular formula is C23H36N4O5.